The number of carbonyl (C=O) groups is 2. The molecule has 0 atom stereocenters. The number of nitrogens with two attached hydrogens (primary N) is 1. The second-order valence-corrected chi connectivity index (χ2v) is 8.90. The Bertz CT molecular complexity index is 1320. The molecule has 6 N–H and O–H groups in total. The maximum atomic E-state index is 13.8. The Morgan fingerprint density at radius 3 is 2.30 bits per heavy atom. The number of halogens is 1. The quantitative estimate of drug-likeness (QED) is 0.285. The van der Waals surface area contributed by atoms with Crippen molar-refractivity contribution in [3.63, 3.8) is 0 Å². The molecule has 0 radical (unpaired) electrons. The van der Waals surface area contributed by atoms with E-state index in [0.717, 1.165) is 5.56 Å². The van der Waals surface area contributed by atoms with Crippen molar-refractivity contribution in [2.24, 2.45) is 5.73 Å². The number of benzene rings is 3. The molecule has 0 saturated heterocycles. The predicted octanol–water partition coefficient (Wildman–Crippen LogP) is 3.18. The Hall–Kier alpha value is -4.05. The summed E-state index contributed by atoms with van der Waals surface area (Å²) in [6.45, 7) is -0.557. The summed E-state index contributed by atoms with van der Waals surface area (Å²) in [5.74, 6) is -1.21. The Morgan fingerprint density at radius 1 is 1.03 bits per heavy atom. The van der Waals surface area contributed by atoms with Crippen LogP contribution in [-0.2, 0) is 9.59 Å². The number of nitrogens with one attached hydrogen (secondary N) is 2. The van der Waals surface area contributed by atoms with Gasteiger partial charge < -0.3 is 31.5 Å². The van der Waals surface area contributed by atoms with Gasteiger partial charge in [0.2, 0.25) is 5.91 Å². The lowest BCUT2D eigenvalue weighted by molar-refractivity contribution is -0.124. The minimum atomic E-state index is -1.39. The standard InChI is InChI=1S/C28H29FN4O4/c1-33(27(37)28(30,13-15-34)14-16-35)21-10-8-20(9-11-21)31-25(18-5-3-2-4-6-18)24-22-12-7-19(29)17-23(22)32-26(24)36/h2-12,17,31,34-35H,13-16,30H2,1H3,(H,32,36)/b25-24-. The number of amides is 2. The lowest BCUT2D eigenvalue weighted by atomic mass is 9.91. The summed E-state index contributed by atoms with van der Waals surface area (Å²) in [4.78, 5) is 27.4. The van der Waals surface area contributed by atoms with Crippen molar-refractivity contribution in [3.8, 4) is 0 Å². The number of hydrogen-bond acceptors (Lipinski definition) is 6. The lowest BCUT2D eigenvalue weighted by Crippen LogP contribution is -2.55. The average Bonchev–Trinajstić information content (AvgIpc) is 3.22. The molecule has 2 amide bonds. The van der Waals surface area contributed by atoms with Crippen molar-refractivity contribution in [1.29, 1.82) is 0 Å². The van der Waals surface area contributed by atoms with Crippen molar-refractivity contribution in [2.75, 3.05) is 35.8 Å². The van der Waals surface area contributed by atoms with Gasteiger partial charge in [0.05, 0.1) is 17.0 Å². The van der Waals surface area contributed by atoms with Crippen LogP contribution in [0.2, 0.25) is 0 Å². The first kappa shape index (κ1) is 26.0. The molecule has 1 aliphatic rings. The van der Waals surface area contributed by atoms with Gasteiger partial charge >= 0.3 is 0 Å². The van der Waals surface area contributed by atoms with Gasteiger partial charge in [-0.2, -0.15) is 0 Å². The summed E-state index contributed by atoms with van der Waals surface area (Å²) in [5.41, 5.74) is 8.73. The van der Waals surface area contributed by atoms with Crippen LogP contribution in [0.5, 0.6) is 0 Å². The fourth-order valence-electron chi connectivity index (χ4n) is 4.38. The summed E-state index contributed by atoms with van der Waals surface area (Å²) in [6, 6.07) is 20.5. The van der Waals surface area contributed by atoms with E-state index in [4.69, 9.17) is 5.73 Å². The Balaban J connectivity index is 1.66. The molecule has 4 rings (SSSR count). The third kappa shape index (κ3) is 5.39. The summed E-state index contributed by atoms with van der Waals surface area (Å²) in [5, 5.41) is 24.7. The topological polar surface area (TPSA) is 128 Å². The molecule has 0 aliphatic carbocycles. The van der Waals surface area contributed by atoms with E-state index < -0.39 is 17.3 Å². The molecule has 192 valence electrons. The van der Waals surface area contributed by atoms with Gasteiger partial charge in [-0.25, -0.2) is 4.39 Å². The van der Waals surface area contributed by atoms with Gasteiger partial charge in [0, 0.05) is 37.2 Å². The molecule has 0 aromatic heterocycles. The zero-order chi connectivity index (χ0) is 26.6. The number of fused-ring (bicyclic) bond motifs is 1. The highest BCUT2D eigenvalue weighted by Crippen LogP contribution is 2.38. The number of hydrogen-bond donors (Lipinski definition) is 5. The van der Waals surface area contributed by atoms with Crippen molar-refractivity contribution in [1.82, 2.24) is 0 Å². The minimum absolute atomic E-state index is 0.0256. The van der Waals surface area contributed by atoms with E-state index in [9.17, 15) is 24.2 Å². The molecular formula is C28H29FN4O4. The van der Waals surface area contributed by atoms with Gasteiger partial charge in [-0.15, -0.1) is 0 Å². The first-order valence-corrected chi connectivity index (χ1v) is 11.8. The van der Waals surface area contributed by atoms with Gasteiger partial charge in [0.15, 0.2) is 0 Å². The summed E-state index contributed by atoms with van der Waals surface area (Å²) >= 11 is 0. The third-order valence-electron chi connectivity index (χ3n) is 6.41. The first-order chi connectivity index (χ1) is 17.8. The second-order valence-electron chi connectivity index (χ2n) is 8.90. The molecule has 0 unspecified atom stereocenters. The van der Waals surface area contributed by atoms with Gasteiger partial charge in [0.1, 0.15) is 11.4 Å². The highest BCUT2D eigenvalue weighted by Gasteiger charge is 2.36. The van der Waals surface area contributed by atoms with Crippen molar-refractivity contribution >= 4 is 40.1 Å². The summed E-state index contributed by atoms with van der Waals surface area (Å²) < 4.78 is 13.8. The van der Waals surface area contributed by atoms with E-state index in [1.54, 1.807) is 37.4 Å². The Labute approximate surface area is 214 Å². The molecule has 0 spiro atoms. The maximum absolute atomic E-state index is 13.8. The van der Waals surface area contributed by atoms with Gasteiger partial charge in [-0.05, 0) is 60.9 Å². The molecule has 37 heavy (non-hydrogen) atoms. The number of nitrogens with zero attached hydrogens (tertiary/aromatic N) is 1. The monoisotopic (exact) mass is 504 g/mol. The van der Waals surface area contributed by atoms with E-state index in [-0.39, 0.29) is 32.0 Å². The molecule has 9 heteroatoms. The fraction of sp³-hybridized carbons (Fsp3) is 0.214. The SMILES string of the molecule is CN(C(=O)C(N)(CCO)CCO)c1ccc(N/C(=C2\C(=O)Nc3cc(F)ccc32)c2ccccc2)cc1. The van der Waals surface area contributed by atoms with E-state index in [1.165, 1.54) is 17.0 Å². The normalized spacial score (nSPS) is 14.1. The zero-order valence-electron chi connectivity index (χ0n) is 20.4. The highest BCUT2D eigenvalue weighted by molar-refractivity contribution is 6.37. The molecule has 0 bridgehead atoms. The number of carbonyl (C=O) groups excluding carboxylic acids is 2. The van der Waals surface area contributed by atoms with Crippen molar-refractivity contribution in [3.05, 3.63) is 89.7 Å². The van der Waals surface area contributed by atoms with Crippen LogP contribution in [0.3, 0.4) is 0 Å². The molecule has 8 nitrogen and oxygen atoms in total. The fourth-order valence-corrected chi connectivity index (χ4v) is 4.38. The number of anilines is 3. The molecule has 3 aromatic carbocycles. The van der Waals surface area contributed by atoms with E-state index >= 15 is 0 Å². The minimum Gasteiger partial charge on any atom is -0.396 e. The maximum Gasteiger partial charge on any atom is 0.258 e. The summed E-state index contributed by atoms with van der Waals surface area (Å²) in [7, 11) is 1.58. The highest BCUT2D eigenvalue weighted by atomic mass is 19.1. The van der Waals surface area contributed by atoms with Crippen LogP contribution in [0.25, 0.3) is 11.3 Å². The van der Waals surface area contributed by atoms with Crippen LogP contribution in [0.1, 0.15) is 24.0 Å². The number of aliphatic hydroxyl groups excluding tert-OH is 2. The first-order valence-electron chi connectivity index (χ1n) is 11.8. The number of aliphatic hydroxyl groups is 2. The van der Waals surface area contributed by atoms with E-state index in [1.807, 2.05) is 30.3 Å². The molecule has 1 heterocycles. The molecule has 3 aromatic rings. The van der Waals surface area contributed by atoms with Crippen molar-refractivity contribution in [2.45, 2.75) is 18.4 Å². The third-order valence-corrected chi connectivity index (χ3v) is 6.41. The zero-order valence-corrected chi connectivity index (χ0v) is 20.4. The van der Waals surface area contributed by atoms with Crippen molar-refractivity contribution < 1.29 is 24.2 Å². The molecule has 0 fully saturated rings. The van der Waals surface area contributed by atoms with Crippen LogP contribution < -0.4 is 21.3 Å². The average molecular weight is 505 g/mol. The second kappa shape index (κ2) is 10.9. The Kier molecular flexibility index (Phi) is 7.68. The van der Waals surface area contributed by atoms with Crippen LogP contribution >= 0.6 is 0 Å². The molecule has 1 aliphatic heterocycles. The van der Waals surface area contributed by atoms with Gasteiger partial charge in [-0.3, -0.25) is 9.59 Å². The van der Waals surface area contributed by atoms with E-state index in [0.29, 0.717) is 33.9 Å². The van der Waals surface area contributed by atoms with Gasteiger partial charge in [-0.1, -0.05) is 30.3 Å². The van der Waals surface area contributed by atoms with Gasteiger partial charge in [0.25, 0.3) is 5.91 Å². The molecule has 0 saturated carbocycles. The van der Waals surface area contributed by atoms with Crippen LogP contribution in [-0.4, -0.2) is 47.8 Å². The van der Waals surface area contributed by atoms with E-state index in [2.05, 4.69) is 10.6 Å². The van der Waals surface area contributed by atoms with Crippen LogP contribution in [0.4, 0.5) is 21.5 Å². The Morgan fingerprint density at radius 2 is 1.68 bits per heavy atom. The molecular weight excluding hydrogens is 475 g/mol. The number of likely N-dealkylation sites (N-methyl/N-ethyl adjacent to an activating group) is 1. The van der Waals surface area contributed by atoms with Crippen LogP contribution in [0, 0.1) is 5.82 Å². The number of rotatable bonds is 9. The van der Waals surface area contributed by atoms with Crippen LogP contribution in [0.15, 0.2) is 72.8 Å². The lowest BCUT2D eigenvalue weighted by Gasteiger charge is -2.31. The largest absolute Gasteiger partial charge is 0.396 e. The summed E-state index contributed by atoms with van der Waals surface area (Å²) in [6.07, 6.45) is 0.0512. The smallest absolute Gasteiger partial charge is 0.258 e. The predicted molar refractivity (Wildman–Crippen MR) is 142 cm³/mol.